The van der Waals surface area contributed by atoms with Crippen molar-refractivity contribution in [3.8, 4) is 90.8 Å². The van der Waals surface area contributed by atoms with Crippen LogP contribution in [0.1, 0.15) is 0 Å². The fraction of sp³-hybridized carbons (Fsp3) is 0. The molecule has 0 bridgehead atoms. The molecule has 0 saturated heterocycles. The van der Waals surface area contributed by atoms with E-state index in [9.17, 15) is 0 Å². The molecule has 0 N–H and O–H groups in total. The summed E-state index contributed by atoms with van der Waals surface area (Å²) in [5, 5.41) is 4.76. The van der Waals surface area contributed by atoms with E-state index in [4.69, 9.17) is 29.9 Å². The minimum atomic E-state index is 0.623. The maximum atomic E-state index is 5.00. The molecule has 4 aromatic heterocycles. The van der Waals surface area contributed by atoms with Gasteiger partial charge in [-0.3, -0.25) is 0 Å². The van der Waals surface area contributed by atoms with Crippen LogP contribution in [0.5, 0.6) is 0 Å². The molecule has 0 amide bonds. The lowest BCUT2D eigenvalue weighted by Gasteiger charge is -2.12. The lowest BCUT2D eigenvalue weighted by molar-refractivity contribution is 1.07. The summed E-state index contributed by atoms with van der Waals surface area (Å²) in [6, 6.07) is 88.4. The Morgan fingerprint density at radius 2 is 0.541 bits per heavy atom. The number of hydrogen-bond acceptors (Lipinski definition) is 6. The Hall–Kier alpha value is -10.2. The van der Waals surface area contributed by atoms with Crippen LogP contribution < -0.4 is 0 Å². The highest BCUT2D eigenvalue weighted by Gasteiger charge is 2.20. The average Bonchev–Trinajstić information content (AvgIpc) is 4.02. The topological polar surface area (TPSA) is 87.2 Å². The number of benzene rings is 10. The van der Waals surface area contributed by atoms with Crippen LogP contribution in [0.15, 0.2) is 255 Å². The molecule has 0 saturated carbocycles. The van der Waals surface area contributed by atoms with Gasteiger partial charge in [-0.25, -0.2) is 29.9 Å². The third-order valence-corrected chi connectivity index (χ3v) is 13.8. The molecule has 4 heterocycles. The van der Waals surface area contributed by atoms with E-state index in [-0.39, 0.29) is 0 Å². The summed E-state index contributed by atoms with van der Waals surface area (Å²) in [5.74, 6) is 3.80. The number of aromatic nitrogens is 8. The van der Waals surface area contributed by atoms with Crippen molar-refractivity contribution in [3.63, 3.8) is 0 Å². The van der Waals surface area contributed by atoms with Crippen molar-refractivity contribution < 1.29 is 0 Å². The maximum Gasteiger partial charge on any atom is 0.164 e. The second-order valence-electron chi connectivity index (χ2n) is 18.3. The van der Waals surface area contributed by atoms with E-state index in [1.54, 1.807) is 0 Å². The van der Waals surface area contributed by atoms with E-state index in [0.29, 0.717) is 34.9 Å². The van der Waals surface area contributed by atoms with Gasteiger partial charge in [-0.15, -0.1) is 0 Å². The van der Waals surface area contributed by atoms with Crippen LogP contribution in [0.2, 0.25) is 0 Å². The average molecular weight is 947 g/mol. The van der Waals surface area contributed by atoms with Crippen molar-refractivity contribution in [2.45, 2.75) is 0 Å². The van der Waals surface area contributed by atoms with Gasteiger partial charge in [-0.2, -0.15) is 0 Å². The number of nitrogens with zero attached hydrogens (tertiary/aromatic N) is 8. The Morgan fingerprint density at radius 3 is 0.986 bits per heavy atom. The minimum Gasteiger partial charge on any atom is -0.309 e. The first kappa shape index (κ1) is 42.7. The molecular formula is C66H42N8. The number of hydrogen-bond donors (Lipinski definition) is 0. The van der Waals surface area contributed by atoms with Crippen LogP contribution in [0, 0.1) is 0 Å². The highest BCUT2D eigenvalue weighted by molar-refractivity contribution is 6.17. The highest BCUT2D eigenvalue weighted by atomic mass is 15.0. The Morgan fingerprint density at radius 1 is 0.216 bits per heavy atom. The lowest BCUT2D eigenvalue weighted by atomic mass is 9.98. The van der Waals surface area contributed by atoms with Crippen molar-refractivity contribution in [2.75, 3.05) is 0 Å². The molecule has 0 aliphatic heterocycles. The summed E-state index contributed by atoms with van der Waals surface area (Å²) in [6.45, 7) is 0. The van der Waals surface area contributed by atoms with Gasteiger partial charge in [0.1, 0.15) is 0 Å². The summed E-state index contributed by atoms with van der Waals surface area (Å²) >= 11 is 0. The number of rotatable bonds is 9. The molecule has 10 aromatic carbocycles. The molecule has 8 heteroatoms. The van der Waals surface area contributed by atoms with E-state index in [0.717, 1.165) is 72.4 Å². The fourth-order valence-corrected chi connectivity index (χ4v) is 10.4. The molecule has 0 atom stereocenters. The van der Waals surface area contributed by atoms with Gasteiger partial charge in [0, 0.05) is 66.3 Å². The predicted octanol–water partition coefficient (Wildman–Crippen LogP) is 15.9. The van der Waals surface area contributed by atoms with Gasteiger partial charge >= 0.3 is 0 Å². The fourth-order valence-electron chi connectivity index (χ4n) is 10.4. The molecule has 0 unspecified atom stereocenters. The lowest BCUT2D eigenvalue weighted by Crippen LogP contribution is -2.00. The first-order valence-corrected chi connectivity index (χ1v) is 24.7. The van der Waals surface area contributed by atoms with Gasteiger partial charge in [0.05, 0.1) is 22.1 Å². The van der Waals surface area contributed by atoms with E-state index in [2.05, 4.69) is 143 Å². The monoisotopic (exact) mass is 946 g/mol. The second-order valence-corrected chi connectivity index (χ2v) is 18.3. The Kier molecular flexibility index (Phi) is 10.3. The zero-order valence-electron chi connectivity index (χ0n) is 39.8. The first-order chi connectivity index (χ1) is 36.7. The largest absolute Gasteiger partial charge is 0.309 e. The summed E-state index contributed by atoms with van der Waals surface area (Å²) in [5.41, 5.74) is 14.5. The summed E-state index contributed by atoms with van der Waals surface area (Å²) < 4.78 is 4.72. The van der Waals surface area contributed by atoms with Gasteiger partial charge in [0.2, 0.25) is 0 Å². The van der Waals surface area contributed by atoms with Crippen LogP contribution in [-0.2, 0) is 0 Å². The Balaban J connectivity index is 0.843. The molecule has 0 aliphatic rings. The highest BCUT2D eigenvalue weighted by Crippen LogP contribution is 2.42. The maximum absolute atomic E-state index is 5.00. The minimum absolute atomic E-state index is 0.623. The van der Waals surface area contributed by atoms with Crippen molar-refractivity contribution in [3.05, 3.63) is 255 Å². The quantitative estimate of drug-likeness (QED) is 0.143. The predicted molar refractivity (Wildman–Crippen MR) is 300 cm³/mol. The molecule has 14 aromatic rings. The third kappa shape index (κ3) is 7.48. The van der Waals surface area contributed by atoms with Gasteiger partial charge < -0.3 is 9.13 Å². The zero-order chi connectivity index (χ0) is 49.0. The van der Waals surface area contributed by atoms with Crippen LogP contribution in [0.25, 0.3) is 134 Å². The van der Waals surface area contributed by atoms with Crippen LogP contribution >= 0.6 is 0 Å². The number of fused-ring (bicyclic) bond motifs is 6. The molecule has 346 valence electrons. The van der Waals surface area contributed by atoms with Crippen molar-refractivity contribution in [1.29, 1.82) is 0 Å². The normalized spacial score (nSPS) is 11.5. The van der Waals surface area contributed by atoms with E-state index < -0.39 is 0 Å². The molecule has 74 heavy (non-hydrogen) atoms. The third-order valence-electron chi connectivity index (χ3n) is 13.8. The first-order valence-electron chi connectivity index (χ1n) is 24.7. The standard InChI is InChI=1S/C66H42N8/c1-5-18-43(19-6-1)61-67-62(44-20-7-2-8-21-44)70-65(69-61)47-32-37-50(38-33-47)73-56-29-15-13-26-53(56)55-42-49(36-41-58(55)73)52-28-17-31-59-60(52)54-27-14-16-30-57(54)74(59)51-39-34-48(35-40-51)66-71-63(45-22-9-3-10-23-45)68-64(72-66)46-24-11-4-12-25-46/h1-42H. The summed E-state index contributed by atoms with van der Waals surface area (Å²) in [7, 11) is 0. The Labute approximate surface area is 426 Å². The number of para-hydroxylation sites is 2. The summed E-state index contributed by atoms with van der Waals surface area (Å²) in [4.78, 5) is 29.8. The van der Waals surface area contributed by atoms with Gasteiger partial charge in [-0.1, -0.05) is 176 Å². The van der Waals surface area contributed by atoms with Crippen LogP contribution in [-0.4, -0.2) is 39.0 Å². The molecule has 0 fully saturated rings. The molecule has 8 nitrogen and oxygen atoms in total. The van der Waals surface area contributed by atoms with Crippen molar-refractivity contribution in [1.82, 2.24) is 39.0 Å². The smallest absolute Gasteiger partial charge is 0.164 e. The molecule has 0 radical (unpaired) electrons. The Bertz CT molecular complexity index is 4270. The second kappa shape index (κ2) is 17.9. The van der Waals surface area contributed by atoms with E-state index in [1.165, 1.54) is 27.1 Å². The SMILES string of the molecule is c1ccc(-c2nc(-c3ccccc3)nc(-c3ccc(-n4c5ccccc5c5cc(-c6cccc7c6c6ccccc6n7-c6ccc(-c7nc(-c8ccccc8)nc(-c8ccccc8)n7)cc6)ccc54)cc3)n2)cc1. The molecule has 0 spiro atoms. The van der Waals surface area contributed by atoms with Crippen LogP contribution in [0.4, 0.5) is 0 Å². The van der Waals surface area contributed by atoms with Gasteiger partial charge in [0.15, 0.2) is 34.9 Å². The van der Waals surface area contributed by atoms with Gasteiger partial charge in [-0.05, 0) is 90.0 Å². The van der Waals surface area contributed by atoms with Crippen LogP contribution in [0.3, 0.4) is 0 Å². The van der Waals surface area contributed by atoms with Crippen molar-refractivity contribution in [2.24, 2.45) is 0 Å². The van der Waals surface area contributed by atoms with E-state index >= 15 is 0 Å². The van der Waals surface area contributed by atoms with Gasteiger partial charge in [0.25, 0.3) is 0 Å². The zero-order valence-corrected chi connectivity index (χ0v) is 39.8. The summed E-state index contributed by atoms with van der Waals surface area (Å²) in [6.07, 6.45) is 0. The molecule has 0 aliphatic carbocycles. The van der Waals surface area contributed by atoms with E-state index in [1.807, 2.05) is 121 Å². The van der Waals surface area contributed by atoms with Crippen molar-refractivity contribution >= 4 is 43.6 Å². The molecule has 14 rings (SSSR count). The molecular weight excluding hydrogens is 905 g/mol.